The van der Waals surface area contributed by atoms with Crippen LogP contribution in [0.2, 0.25) is 0 Å². The molecule has 1 aromatic carbocycles. The standard InChI is InChI=1S/C20H28N6O4/c1-13(2)21-16-11-28-19-17(12-29-18(16)19)26-20(22-23-24-26)30-15-5-3-4-14(10-15)25-6-8-27-9-7-25/h3-5,10,13,16-19,21H,6-9,11-12H2,1-2H3/t16-,17+,18-,19+/m1/s1. The first-order valence-electron chi connectivity index (χ1n) is 10.6. The molecule has 5 rings (SSSR count). The van der Waals surface area contributed by atoms with Crippen LogP contribution in [-0.4, -0.2) is 84.0 Å². The number of rotatable bonds is 6. The number of nitrogens with zero attached hydrogens (tertiary/aromatic N) is 5. The Balaban J connectivity index is 1.30. The summed E-state index contributed by atoms with van der Waals surface area (Å²) in [5, 5.41) is 15.6. The van der Waals surface area contributed by atoms with E-state index in [1.165, 1.54) is 0 Å². The van der Waals surface area contributed by atoms with Crippen LogP contribution in [0.5, 0.6) is 11.8 Å². The number of hydrogen-bond acceptors (Lipinski definition) is 9. The summed E-state index contributed by atoms with van der Waals surface area (Å²) >= 11 is 0. The van der Waals surface area contributed by atoms with Crippen molar-refractivity contribution in [1.29, 1.82) is 0 Å². The first-order valence-corrected chi connectivity index (χ1v) is 10.6. The third-order valence-corrected chi connectivity index (χ3v) is 5.75. The average molecular weight is 416 g/mol. The highest BCUT2D eigenvalue weighted by Gasteiger charge is 2.49. The zero-order chi connectivity index (χ0) is 20.5. The fourth-order valence-corrected chi connectivity index (χ4v) is 4.39. The second kappa shape index (κ2) is 8.46. The number of tetrazole rings is 1. The molecule has 1 N–H and O–H groups in total. The Morgan fingerprint density at radius 3 is 2.80 bits per heavy atom. The molecule has 162 valence electrons. The number of anilines is 1. The van der Waals surface area contributed by atoms with Crippen molar-refractivity contribution in [1.82, 2.24) is 25.5 Å². The number of nitrogens with one attached hydrogen (secondary N) is 1. The molecule has 3 aliphatic rings. The van der Waals surface area contributed by atoms with Gasteiger partial charge in [0.15, 0.2) is 0 Å². The number of ether oxygens (including phenoxy) is 4. The second-order valence-corrected chi connectivity index (χ2v) is 8.20. The minimum Gasteiger partial charge on any atom is -0.423 e. The molecule has 0 spiro atoms. The van der Waals surface area contributed by atoms with E-state index in [1.807, 2.05) is 18.2 Å². The summed E-state index contributed by atoms with van der Waals surface area (Å²) < 4.78 is 25.3. The lowest BCUT2D eigenvalue weighted by molar-refractivity contribution is 0.0610. The van der Waals surface area contributed by atoms with Gasteiger partial charge in [-0.05, 0) is 22.6 Å². The van der Waals surface area contributed by atoms with Gasteiger partial charge in [-0.2, -0.15) is 4.68 Å². The fourth-order valence-electron chi connectivity index (χ4n) is 4.39. The minimum atomic E-state index is -0.124. The third-order valence-electron chi connectivity index (χ3n) is 5.75. The second-order valence-electron chi connectivity index (χ2n) is 8.20. The van der Waals surface area contributed by atoms with Crippen molar-refractivity contribution < 1.29 is 18.9 Å². The normalized spacial score (nSPS) is 28.8. The Bertz CT molecular complexity index is 855. The van der Waals surface area contributed by atoms with E-state index >= 15 is 0 Å². The van der Waals surface area contributed by atoms with E-state index in [1.54, 1.807) is 4.68 Å². The summed E-state index contributed by atoms with van der Waals surface area (Å²) in [6.07, 6.45) is -0.120. The van der Waals surface area contributed by atoms with E-state index in [-0.39, 0.29) is 24.3 Å². The predicted octanol–water partition coefficient (Wildman–Crippen LogP) is 1.01. The molecule has 0 bridgehead atoms. The van der Waals surface area contributed by atoms with Crippen LogP contribution in [0.1, 0.15) is 19.9 Å². The fraction of sp³-hybridized carbons (Fsp3) is 0.650. The van der Waals surface area contributed by atoms with Crippen molar-refractivity contribution >= 4 is 5.69 Å². The van der Waals surface area contributed by atoms with Crippen LogP contribution in [-0.2, 0) is 14.2 Å². The van der Waals surface area contributed by atoms with Gasteiger partial charge < -0.3 is 29.2 Å². The van der Waals surface area contributed by atoms with Crippen molar-refractivity contribution in [2.24, 2.45) is 0 Å². The summed E-state index contributed by atoms with van der Waals surface area (Å²) in [6, 6.07) is 8.72. The molecule has 3 aliphatic heterocycles. The molecule has 0 unspecified atom stereocenters. The van der Waals surface area contributed by atoms with E-state index in [0.717, 1.165) is 32.0 Å². The first-order chi connectivity index (χ1) is 14.7. The molecule has 10 heteroatoms. The highest BCUT2D eigenvalue weighted by molar-refractivity contribution is 5.51. The van der Waals surface area contributed by atoms with Gasteiger partial charge in [-0.3, -0.25) is 0 Å². The summed E-state index contributed by atoms with van der Waals surface area (Å²) in [5.41, 5.74) is 1.10. The molecule has 2 aromatic rings. The van der Waals surface area contributed by atoms with Gasteiger partial charge >= 0.3 is 6.01 Å². The van der Waals surface area contributed by atoms with E-state index in [2.05, 4.69) is 45.7 Å². The van der Waals surface area contributed by atoms with Gasteiger partial charge in [0.25, 0.3) is 0 Å². The molecule has 0 saturated carbocycles. The largest absolute Gasteiger partial charge is 0.423 e. The molecule has 4 atom stereocenters. The molecule has 0 amide bonds. The van der Waals surface area contributed by atoms with Gasteiger partial charge in [-0.1, -0.05) is 25.0 Å². The lowest BCUT2D eigenvalue weighted by Gasteiger charge is -2.29. The topological polar surface area (TPSA) is 95.8 Å². The van der Waals surface area contributed by atoms with Crippen LogP contribution in [0.15, 0.2) is 24.3 Å². The predicted molar refractivity (Wildman–Crippen MR) is 108 cm³/mol. The van der Waals surface area contributed by atoms with Crippen LogP contribution < -0.4 is 15.0 Å². The van der Waals surface area contributed by atoms with E-state index in [4.69, 9.17) is 18.9 Å². The van der Waals surface area contributed by atoms with Crippen molar-refractivity contribution in [3.63, 3.8) is 0 Å². The highest BCUT2D eigenvalue weighted by Crippen LogP contribution is 2.36. The molecular formula is C20H28N6O4. The van der Waals surface area contributed by atoms with E-state index in [9.17, 15) is 0 Å². The van der Waals surface area contributed by atoms with Crippen LogP contribution >= 0.6 is 0 Å². The Kier molecular flexibility index (Phi) is 5.55. The Morgan fingerprint density at radius 1 is 1.13 bits per heavy atom. The number of hydrogen-bond donors (Lipinski definition) is 1. The van der Waals surface area contributed by atoms with Crippen molar-refractivity contribution in [3.8, 4) is 11.8 Å². The summed E-state index contributed by atoms with van der Waals surface area (Å²) in [6.45, 7) is 8.56. The lowest BCUT2D eigenvalue weighted by atomic mass is 10.1. The zero-order valence-electron chi connectivity index (χ0n) is 17.3. The number of benzene rings is 1. The molecule has 30 heavy (non-hydrogen) atoms. The zero-order valence-corrected chi connectivity index (χ0v) is 17.3. The third kappa shape index (κ3) is 3.87. The number of aromatic nitrogens is 4. The number of fused-ring (bicyclic) bond motifs is 1. The first kappa shape index (κ1) is 19.7. The summed E-state index contributed by atoms with van der Waals surface area (Å²) in [4.78, 5) is 2.28. The molecular weight excluding hydrogens is 388 g/mol. The van der Waals surface area contributed by atoms with E-state index in [0.29, 0.717) is 31.0 Å². The summed E-state index contributed by atoms with van der Waals surface area (Å²) in [7, 11) is 0. The van der Waals surface area contributed by atoms with Gasteiger partial charge in [0, 0.05) is 30.9 Å². The molecule has 0 aliphatic carbocycles. The van der Waals surface area contributed by atoms with E-state index < -0.39 is 0 Å². The monoisotopic (exact) mass is 416 g/mol. The minimum absolute atomic E-state index is 0.0147. The van der Waals surface area contributed by atoms with Crippen molar-refractivity contribution in [3.05, 3.63) is 24.3 Å². The molecule has 3 fully saturated rings. The molecule has 4 heterocycles. The SMILES string of the molecule is CC(C)N[C@@H]1CO[C@@H]2[C@@H]1OC[C@@H]2n1nnnc1Oc1cccc(N2CCOCC2)c1. The smallest absolute Gasteiger partial charge is 0.341 e. The number of morpholine rings is 1. The lowest BCUT2D eigenvalue weighted by Crippen LogP contribution is -2.44. The maximum atomic E-state index is 6.08. The highest BCUT2D eigenvalue weighted by atomic mass is 16.6. The van der Waals surface area contributed by atoms with Gasteiger partial charge in [0.2, 0.25) is 0 Å². The Hall–Kier alpha value is -2.27. The van der Waals surface area contributed by atoms with Crippen LogP contribution in [0, 0.1) is 0 Å². The molecule has 0 radical (unpaired) electrons. The Labute approximate surface area is 175 Å². The molecule has 10 nitrogen and oxygen atoms in total. The van der Waals surface area contributed by atoms with Gasteiger partial charge in [0.05, 0.1) is 32.5 Å². The van der Waals surface area contributed by atoms with Gasteiger partial charge in [0.1, 0.15) is 24.0 Å². The van der Waals surface area contributed by atoms with Crippen LogP contribution in [0.25, 0.3) is 0 Å². The van der Waals surface area contributed by atoms with Gasteiger partial charge in [-0.25, -0.2) is 0 Å². The van der Waals surface area contributed by atoms with Gasteiger partial charge in [-0.15, -0.1) is 0 Å². The molecule has 3 saturated heterocycles. The molecule has 1 aromatic heterocycles. The average Bonchev–Trinajstić information content (AvgIpc) is 3.47. The quantitative estimate of drug-likeness (QED) is 0.740. The summed E-state index contributed by atoms with van der Waals surface area (Å²) in [5.74, 6) is 0.692. The maximum absolute atomic E-state index is 6.08. The van der Waals surface area contributed by atoms with Crippen molar-refractivity contribution in [2.75, 3.05) is 44.4 Å². The van der Waals surface area contributed by atoms with Crippen LogP contribution in [0.3, 0.4) is 0 Å². The Morgan fingerprint density at radius 2 is 1.97 bits per heavy atom. The van der Waals surface area contributed by atoms with Crippen molar-refractivity contribution in [2.45, 2.75) is 44.2 Å². The maximum Gasteiger partial charge on any atom is 0.341 e. The van der Waals surface area contributed by atoms with Crippen LogP contribution in [0.4, 0.5) is 5.69 Å².